The second-order valence-electron chi connectivity index (χ2n) is 5.64. The quantitative estimate of drug-likeness (QED) is 0.536. The van der Waals surface area contributed by atoms with Gasteiger partial charge in [-0.05, 0) is 17.7 Å². The first-order chi connectivity index (χ1) is 12.1. The third-order valence-corrected chi connectivity index (χ3v) is 3.72. The number of hydrogen-bond acceptors (Lipinski definition) is 7. The number of nitrogens with zero attached hydrogens (tertiary/aromatic N) is 1. The van der Waals surface area contributed by atoms with E-state index in [9.17, 15) is 5.11 Å². The van der Waals surface area contributed by atoms with Crippen LogP contribution in [-0.4, -0.2) is 84.0 Å². The van der Waals surface area contributed by atoms with Gasteiger partial charge >= 0.3 is 0 Å². The van der Waals surface area contributed by atoms with Gasteiger partial charge in [-0.1, -0.05) is 6.07 Å². The Morgan fingerprint density at radius 2 is 1.60 bits per heavy atom. The summed E-state index contributed by atoms with van der Waals surface area (Å²) in [5.41, 5.74) is 0.959. The number of ether oxygens (including phenoxy) is 5. The smallest absolute Gasteiger partial charge is 0.161 e. The van der Waals surface area contributed by atoms with Gasteiger partial charge in [0, 0.05) is 33.9 Å². The van der Waals surface area contributed by atoms with Crippen LogP contribution >= 0.6 is 0 Å². The van der Waals surface area contributed by atoms with E-state index >= 15 is 0 Å². The first-order valence-corrected chi connectivity index (χ1v) is 8.31. The Labute approximate surface area is 150 Å². The molecule has 0 unspecified atom stereocenters. The third kappa shape index (κ3) is 8.51. The van der Waals surface area contributed by atoms with E-state index < -0.39 is 6.10 Å². The second kappa shape index (κ2) is 12.9. The molecule has 0 heterocycles. The van der Waals surface area contributed by atoms with E-state index in [-0.39, 0.29) is 6.61 Å². The molecule has 0 aliphatic carbocycles. The van der Waals surface area contributed by atoms with Gasteiger partial charge in [0.25, 0.3) is 0 Å². The molecule has 0 aliphatic heterocycles. The molecule has 0 bridgehead atoms. The van der Waals surface area contributed by atoms with E-state index in [0.29, 0.717) is 37.9 Å². The molecule has 1 atom stereocenters. The van der Waals surface area contributed by atoms with E-state index in [0.717, 1.165) is 18.7 Å². The zero-order chi connectivity index (χ0) is 18.5. The summed E-state index contributed by atoms with van der Waals surface area (Å²) in [6.45, 7) is 3.88. The zero-order valence-corrected chi connectivity index (χ0v) is 15.7. The van der Waals surface area contributed by atoms with E-state index in [1.807, 2.05) is 18.2 Å². The lowest BCUT2D eigenvalue weighted by atomic mass is 10.2. The summed E-state index contributed by atoms with van der Waals surface area (Å²) in [4.78, 5) is 2.09. The van der Waals surface area contributed by atoms with Crippen molar-refractivity contribution in [3.8, 4) is 11.5 Å². The van der Waals surface area contributed by atoms with Gasteiger partial charge in [0.1, 0.15) is 0 Å². The van der Waals surface area contributed by atoms with E-state index in [1.54, 1.807) is 28.4 Å². The molecule has 0 aromatic heterocycles. The lowest BCUT2D eigenvalue weighted by molar-refractivity contribution is 0.00232. The molecule has 0 amide bonds. The Kier molecular flexibility index (Phi) is 11.2. The highest BCUT2D eigenvalue weighted by molar-refractivity contribution is 5.42. The van der Waals surface area contributed by atoms with Crippen LogP contribution in [0.25, 0.3) is 0 Å². The molecule has 1 aromatic rings. The molecule has 144 valence electrons. The van der Waals surface area contributed by atoms with Gasteiger partial charge in [-0.3, -0.25) is 4.90 Å². The summed E-state index contributed by atoms with van der Waals surface area (Å²) < 4.78 is 26.3. The monoisotopic (exact) mass is 357 g/mol. The van der Waals surface area contributed by atoms with Crippen LogP contribution < -0.4 is 9.47 Å². The van der Waals surface area contributed by atoms with E-state index in [4.69, 9.17) is 23.7 Å². The van der Waals surface area contributed by atoms with Crippen molar-refractivity contribution in [2.24, 2.45) is 0 Å². The minimum atomic E-state index is -0.575. The Morgan fingerprint density at radius 1 is 0.960 bits per heavy atom. The largest absolute Gasteiger partial charge is 0.493 e. The second-order valence-corrected chi connectivity index (χ2v) is 5.64. The van der Waals surface area contributed by atoms with Crippen molar-refractivity contribution >= 4 is 0 Å². The first-order valence-electron chi connectivity index (χ1n) is 8.31. The van der Waals surface area contributed by atoms with E-state index in [1.165, 1.54) is 0 Å². The molecule has 7 heteroatoms. The maximum atomic E-state index is 10.2. The maximum Gasteiger partial charge on any atom is 0.161 e. The number of hydrogen-bond donors (Lipinski definition) is 1. The highest BCUT2D eigenvalue weighted by atomic mass is 16.5. The lowest BCUT2D eigenvalue weighted by Gasteiger charge is -2.24. The minimum Gasteiger partial charge on any atom is -0.493 e. The minimum absolute atomic E-state index is 0.255. The number of aliphatic hydroxyl groups is 1. The van der Waals surface area contributed by atoms with Crippen LogP contribution in [0, 0.1) is 0 Å². The van der Waals surface area contributed by atoms with Gasteiger partial charge in [-0.15, -0.1) is 0 Å². The molecule has 1 rings (SSSR count). The predicted octanol–water partition coefficient (Wildman–Crippen LogP) is 1.18. The Morgan fingerprint density at radius 3 is 2.16 bits per heavy atom. The highest BCUT2D eigenvalue weighted by Gasteiger charge is 2.12. The summed E-state index contributed by atoms with van der Waals surface area (Å²) in [6, 6.07) is 5.62. The summed E-state index contributed by atoms with van der Waals surface area (Å²) in [6.07, 6.45) is -0.575. The molecule has 25 heavy (non-hydrogen) atoms. The van der Waals surface area contributed by atoms with Crippen molar-refractivity contribution in [2.45, 2.75) is 12.7 Å². The normalized spacial score (nSPS) is 12.4. The van der Waals surface area contributed by atoms with Crippen LogP contribution in [0.2, 0.25) is 0 Å². The van der Waals surface area contributed by atoms with Crippen molar-refractivity contribution in [3.63, 3.8) is 0 Å². The van der Waals surface area contributed by atoms with Gasteiger partial charge in [0.15, 0.2) is 11.5 Å². The average Bonchev–Trinajstić information content (AvgIpc) is 2.63. The molecule has 0 saturated heterocycles. The molecule has 0 spiro atoms. The van der Waals surface area contributed by atoms with Crippen molar-refractivity contribution in [1.29, 1.82) is 0 Å². The predicted molar refractivity (Wildman–Crippen MR) is 95.4 cm³/mol. The number of benzene rings is 1. The molecule has 0 aliphatic rings. The summed E-state index contributed by atoms with van der Waals surface area (Å²) in [5, 5.41) is 10.2. The molecular formula is C18H31NO6. The molecule has 1 N–H and O–H groups in total. The highest BCUT2D eigenvalue weighted by Crippen LogP contribution is 2.27. The van der Waals surface area contributed by atoms with Gasteiger partial charge in [0.2, 0.25) is 0 Å². The fourth-order valence-corrected chi connectivity index (χ4v) is 2.37. The number of methoxy groups -OCH3 is 4. The van der Waals surface area contributed by atoms with Gasteiger partial charge < -0.3 is 28.8 Å². The van der Waals surface area contributed by atoms with Crippen LogP contribution in [0.5, 0.6) is 11.5 Å². The van der Waals surface area contributed by atoms with Crippen molar-refractivity contribution < 1.29 is 28.8 Å². The lowest BCUT2D eigenvalue weighted by Crippen LogP contribution is -2.38. The van der Waals surface area contributed by atoms with Crippen LogP contribution in [0.3, 0.4) is 0 Å². The van der Waals surface area contributed by atoms with Crippen LogP contribution in [-0.2, 0) is 20.8 Å². The molecule has 1 aromatic carbocycles. The summed E-state index contributed by atoms with van der Waals surface area (Å²) in [5.74, 6) is 1.34. The zero-order valence-electron chi connectivity index (χ0n) is 15.7. The van der Waals surface area contributed by atoms with Crippen molar-refractivity contribution in [1.82, 2.24) is 4.90 Å². The Hall–Kier alpha value is -1.38. The average molecular weight is 357 g/mol. The van der Waals surface area contributed by atoms with Crippen LogP contribution in [0.15, 0.2) is 18.2 Å². The standard InChI is InChI=1S/C18H31NO6/c1-21-9-7-19(8-10-22-2)12-16(20)14-25-13-15-5-6-17(23-3)18(11-15)24-4/h5-6,11,16,20H,7-10,12-14H2,1-4H3/t16-/m1/s1. The Bertz CT molecular complexity index is 463. The SMILES string of the molecule is COCCN(CCOC)C[C@@H](O)COCc1ccc(OC)c(OC)c1. The fraction of sp³-hybridized carbons (Fsp3) is 0.667. The number of aliphatic hydroxyl groups excluding tert-OH is 1. The molecule has 7 nitrogen and oxygen atoms in total. The first kappa shape index (κ1) is 21.7. The topological polar surface area (TPSA) is 69.6 Å². The van der Waals surface area contributed by atoms with Gasteiger partial charge in [0.05, 0.1) is 46.8 Å². The Balaban J connectivity index is 2.40. The number of rotatable bonds is 14. The molecule has 0 fully saturated rings. The van der Waals surface area contributed by atoms with E-state index in [2.05, 4.69) is 4.90 Å². The fourth-order valence-electron chi connectivity index (χ4n) is 2.37. The maximum absolute atomic E-state index is 10.2. The third-order valence-electron chi connectivity index (χ3n) is 3.72. The van der Waals surface area contributed by atoms with Gasteiger partial charge in [-0.2, -0.15) is 0 Å². The summed E-state index contributed by atoms with van der Waals surface area (Å²) in [7, 11) is 6.53. The molecular weight excluding hydrogens is 326 g/mol. The molecule has 0 radical (unpaired) electrons. The van der Waals surface area contributed by atoms with Crippen LogP contribution in [0.1, 0.15) is 5.56 Å². The summed E-state index contributed by atoms with van der Waals surface area (Å²) >= 11 is 0. The molecule has 0 saturated carbocycles. The van der Waals surface area contributed by atoms with Gasteiger partial charge in [-0.25, -0.2) is 0 Å². The van der Waals surface area contributed by atoms with Crippen LogP contribution in [0.4, 0.5) is 0 Å². The van der Waals surface area contributed by atoms with Crippen molar-refractivity contribution in [3.05, 3.63) is 23.8 Å². The van der Waals surface area contributed by atoms with Crippen molar-refractivity contribution in [2.75, 3.05) is 67.9 Å².